The second kappa shape index (κ2) is 7.14. The summed E-state index contributed by atoms with van der Waals surface area (Å²) >= 11 is 0. The van der Waals surface area contributed by atoms with Crippen LogP contribution in [0.25, 0.3) is 0 Å². The minimum atomic E-state index is -1.46. The number of rotatable bonds is 3. The summed E-state index contributed by atoms with van der Waals surface area (Å²) in [4.78, 5) is 36.7. The van der Waals surface area contributed by atoms with E-state index in [0.717, 1.165) is 0 Å². The molecule has 4 rings (SSSR count). The van der Waals surface area contributed by atoms with Crippen molar-refractivity contribution in [1.29, 1.82) is 0 Å². The maximum atomic E-state index is 12.8. The first-order valence-electron chi connectivity index (χ1n) is 9.39. The number of phenols is 1. The monoisotopic (exact) mass is 412 g/mol. The zero-order valence-electron chi connectivity index (χ0n) is 16.5. The Balaban J connectivity index is 1.88. The molecule has 8 nitrogen and oxygen atoms in total. The van der Waals surface area contributed by atoms with Gasteiger partial charge in [-0.3, -0.25) is 9.59 Å². The number of carbonyl (C=O) groups is 3. The van der Waals surface area contributed by atoms with Gasteiger partial charge in [-0.15, -0.1) is 0 Å². The third-order valence-corrected chi connectivity index (χ3v) is 5.61. The van der Waals surface area contributed by atoms with E-state index in [1.54, 1.807) is 31.2 Å². The van der Waals surface area contributed by atoms with Gasteiger partial charge in [0, 0.05) is 24.0 Å². The van der Waals surface area contributed by atoms with Crippen LogP contribution in [0, 0.1) is 5.92 Å². The summed E-state index contributed by atoms with van der Waals surface area (Å²) in [5.74, 6) is -2.57. The highest BCUT2D eigenvalue weighted by Gasteiger charge is 2.44. The van der Waals surface area contributed by atoms with Crippen LogP contribution in [0.3, 0.4) is 0 Å². The quantitative estimate of drug-likeness (QED) is 0.738. The van der Waals surface area contributed by atoms with Gasteiger partial charge in [0.05, 0.1) is 23.8 Å². The zero-order valence-corrected chi connectivity index (χ0v) is 16.5. The Morgan fingerprint density at radius 1 is 1.13 bits per heavy atom. The number of aliphatic hydroxyl groups is 1. The van der Waals surface area contributed by atoms with E-state index in [9.17, 15) is 24.6 Å². The minimum absolute atomic E-state index is 0.149. The predicted molar refractivity (Wildman–Crippen MR) is 102 cm³/mol. The molecule has 0 bridgehead atoms. The fourth-order valence-electron chi connectivity index (χ4n) is 4.13. The first-order valence-corrected chi connectivity index (χ1v) is 9.39. The molecule has 1 aliphatic carbocycles. The van der Waals surface area contributed by atoms with Gasteiger partial charge in [0.25, 0.3) is 0 Å². The van der Waals surface area contributed by atoms with Gasteiger partial charge in [-0.2, -0.15) is 0 Å². The van der Waals surface area contributed by atoms with Crippen LogP contribution in [0.4, 0.5) is 0 Å². The van der Waals surface area contributed by atoms with Crippen molar-refractivity contribution in [3.8, 4) is 11.5 Å². The summed E-state index contributed by atoms with van der Waals surface area (Å²) in [5, 5.41) is 21.4. The molecule has 1 heterocycles. The smallest absolute Gasteiger partial charge is 0.339 e. The molecule has 0 fully saturated rings. The lowest BCUT2D eigenvalue weighted by molar-refractivity contribution is -0.151. The standard InChI is InChI=1S/C22H20O8/c1-9-17(24)19(26)16-11(20(9)29-10(2)23)7-8-13(18(16)25)21-15-12(22(27)30-21)5-4-6-14(15)28-3/h4-9,17,20-21,24-25H,1-3H3. The van der Waals surface area contributed by atoms with Gasteiger partial charge in [-0.1, -0.05) is 25.1 Å². The molecule has 30 heavy (non-hydrogen) atoms. The fraction of sp³-hybridized carbons (Fsp3) is 0.318. The zero-order chi connectivity index (χ0) is 21.7. The molecule has 1 aliphatic heterocycles. The summed E-state index contributed by atoms with van der Waals surface area (Å²) in [7, 11) is 1.45. The number of hydrogen-bond donors (Lipinski definition) is 2. The highest BCUT2D eigenvalue weighted by Crippen LogP contribution is 2.48. The number of methoxy groups -OCH3 is 1. The third kappa shape index (κ3) is 2.83. The van der Waals surface area contributed by atoms with Crippen molar-refractivity contribution in [2.75, 3.05) is 7.11 Å². The second-order valence-corrected chi connectivity index (χ2v) is 7.37. The Bertz CT molecular complexity index is 1070. The van der Waals surface area contributed by atoms with Crippen molar-refractivity contribution >= 4 is 17.7 Å². The summed E-state index contributed by atoms with van der Waals surface area (Å²) in [6, 6.07) is 7.96. The molecule has 0 aromatic heterocycles. The Kier molecular flexibility index (Phi) is 4.74. The van der Waals surface area contributed by atoms with Crippen molar-refractivity contribution in [2.24, 2.45) is 5.92 Å². The van der Waals surface area contributed by atoms with Crippen molar-refractivity contribution in [3.05, 3.63) is 58.1 Å². The number of aromatic hydroxyl groups is 1. The van der Waals surface area contributed by atoms with Crippen molar-refractivity contribution in [3.63, 3.8) is 0 Å². The average Bonchev–Trinajstić information content (AvgIpc) is 3.05. The molecule has 2 aromatic carbocycles. The molecule has 2 aromatic rings. The molecular formula is C22H20O8. The van der Waals surface area contributed by atoms with Gasteiger partial charge in [0.2, 0.25) is 0 Å². The number of phenolic OH excluding ortho intramolecular Hbond substituents is 1. The number of hydrogen-bond acceptors (Lipinski definition) is 8. The highest BCUT2D eigenvalue weighted by atomic mass is 16.6. The number of cyclic esters (lactones) is 1. The van der Waals surface area contributed by atoms with Crippen LogP contribution < -0.4 is 4.74 Å². The fourth-order valence-corrected chi connectivity index (χ4v) is 4.13. The van der Waals surface area contributed by atoms with Crippen LogP contribution >= 0.6 is 0 Å². The number of fused-ring (bicyclic) bond motifs is 2. The van der Waals surface area contributed by atoms with Crippen LogP contribution in [0.5, 0.6) is 11.5 Å². The van der Waals surface area contributed by atoms with Gasteiger partial charge in [-0.25, -0.2) is 4.79 Å². The van der Waals surface area contributed by atoms with E-state index in [1.165, 1.54) is 20.1 Å². The van der Waals surface area contributed by atoms with Gasteiger partial charge in [-0.05, 0) is 12.1 Å². The number of ether oxygens (including phenoxy) is 3. The molecule has 0 amide bonds. The first kappa shape index (κ1) is 19.9. The van der Waals surface area contributed by atoms with Gasteiger partial charge in [0.1, 0.15) is 23.7 Å². The largest absolute Gasteiger partial charge is 0.507 e. The maximum absolute atomic E-state index is 12.8. The Hall–Kier alpha value is -3.39. The molecule has 0 saturated heterocycles. The van der Waals surface area contributed by atoms with Crippen molar-refractivity contribution in [2.45, 2.75) is 32.2 Å². The second-order valence-electron chi connectivity index (χ2n) is 7.37. The van der Waals surface area contributed by atoms with E-state index in [2.05, 4.69) is 0 Å². The van der Waals surface area contributed by atoms with Crippen molar-refractivity contribution in [1.82, 2.24) is 0 Å². The number of esters is 2. The number of Topliss-reactive ketones (excluding diaryl/α,β-unsaturated/α-hetero) is 1. The van der Waals surface area contributed by atoms with Crippen LogP contribution in [-0.2, 0) is 14.3 Å². The van der Waals surface area contributed by atoms with E-state index in [1.807, 2.05) is 0 Å². The summed E-state index contributed by atoms with van der Waals surface area (Å²) < 4.78 is 16.1. The average molecular weight is 412 g/mol. The molecule has 0 spiro atoms. The Labute approximate surface area is 172 Å². The summed E-state index contributed by atoms with van der Waals surface area (Å²) in [6.07, 6.45) is -3.36. The lowest BCUT2D eigenvalue weighted by atomic mass is 9.77. The minimum Gasteiger partial charge on any atom is -0.507 e. The SMILES string of the molecule is COc1cccc2c1C(c1ccc3c(c1O)C(=O)C(O)C(C)C3OC(C)=O)OC2=O. The predicted octanol–water partition coefficient (Wildman–Crippen LogP) is 2.46. The van der Waals surface area contributed by atoms with E-state index in [0.29, 0.717) is 22.4 Å². The van der Waals surface area contributed by atoms with Crippen LogP contribution in [0.1, 0.15) is 63.5 Å². The summed E-state index contributed by atoms with van der Waals surface area (Å²) in [5.41, 5.74) is 1.05. The molecule has 2 N–H and O–H groups in total. The van der Waals surface area contributed by atoms with Crippen LogP contribution in [0.15, 0.2) is 30.3 Å². The van der Waals surface area contributed by atoms with E-state index in [-0.39, 0.29) is 11.1 Å². The summed E-state index contributed by atoms with van der Waals surface area (Å²) in [6.45, 7) is 2.81. The Morgan fingerprint density at radius 3 is 2.50 bits per heavy atom. The molecule has 4 unspecified atom stereocenters. The van der Waals surface area contributed by atoms with Crippen molar-refractivity contribution < 1.29 is 38.8 Å². The number of benzene rings is 2. The van der Waals surface area contributed by atoms with Gasteiger partial charge < -0.3 is 24.4 Å². The third-order valence-electron chi connectivity index (χ3n) is 5.61. The molecular weight excluding hydrogens is 392 g/mol. The van der Waals surface area contributed by atoms with Crippen LogP contribution in [0.2, 0.25) is 0 Å². The van der Waals surface area contributed by atoms with E-state index in [4.69, 9.17) is 14.2 Å². The molecule has 156 valence electrons. The lowest BCUT2D eigenvalue weighted by Gasteiger charge is -2.34. The molecule has 0 saturated carbocycles. The molecule has 8 heteroatoms. The van der Waals surface area contributed by atoms with Gasteiger partial charge >= 0.3 is 11.9 Å². The van der Waals surface area contributed by atoms with E-state index >= 15 is 0 Å². The lowest BCUT2D eigenvalue weighted by Crippen LogP contribution is -2.39. The highest BCUT2D eigenvalue weighted by molar-refractivity contribution is 6.05. The van der Waals surface area contributed by atoms with Gasteiger partial charge in [0.15, 0.2) is 11.9 Å². The molecule has 2 aliphatic rings. The first-order chi connectivity index (χ1) is 14.3. The molecule has 0 radical (unpaired) electrons. The topological polar surface area (TPSA) is 119 Å². The van der Waals surface area contributed by atoms with Crippen LogP contribution in [-0.4, -0.2) is 41.1 Å². The Morgan fingerprint density at radius 2 is 1.83 bits per heavy atom. The maximum Gasteiger partial charge on any atom is 0.339 e. The number of ketones is 1. The molecule has 4 atom stereocenters. The number of carbonyl (C=O) groups excluding carboxylic acids is 3. The number of aliphatic hydroxyl groups excluding tert-OH is 1. The normalized spacial score (nSPS) is 24.7. The van der Waals surface area contributed by atoms with E-state index < -0.39 is 47.7 Å².